The quantitative estimate of drug-likeness (QED) is 0.578. The fourth-order valence-electron chi connectivity index (χ4n) is 3.44. The molecule has 1 aliphatic heterocycles. The molecule has 0 saturated carbocycles. The van der Waals surface area contributed by atoms with Crippen molar-refractivity contribution < 1.29 is 19.1 Å². The van der Waals surface area contributed by atoms with Gasteiger partial charge in [-0.25, -0.2) is 19.3 Å². The summed E-state index contributed by atoms with van der Waals surface area (Å²) in [7, 11) is 1.32. The number of halogens is 1. The maximum Gasteiger partial charge on any atom is 0.407 e. The Bertz CT molecular complexity index is 1110. The van der Waals surface area contributed by atoms with Crippen molar-refractivity contribution in [3.63, 3.8) is 0 Å². The molecule has 0 spiro atoms. The van der Waals surface area contributed by atoms with Crippen molar-refractivity contribution in [3.8, 4) is 17.1 Å². The molecule has 0 aromatic carbocycles. The first-order valence-electron chi connectivity index (χ1n) is 9.77. The predicted molar refractivity (Wildman–Crippen MR) is 115 cm³/mol. The third-order valence-corrected chi connectivity index (χ3v) is 6.12. The van der Waals surface area contributed by atoms with Crippen molar-refractivity contribution >= 4 is 39.8 Å². The van der Waals surface area contributed by atoms with Gasteiger partial charge in [-0.2, -0.15) is 5.10 Å². The van der Waals surface area contributed by atoms with Gasteiger partial charge < -0.3 is 19.7 Å². The van der Waals surface area contributed by atoms with Crippen molar-refractivity contribution in [1.29, 1.82) is 0 Å². The first-order chi connectivity index (χ1) is 15.0. The lowest BCUT2D eigenvalue weighted by Gasteiger charge is -2.32. The number of thiazole rings is 1. The second-order valence-corrected chi connectivity index (χ2v) is 8.11. The lowest BCUT2D eigenvalue weighted by atomic mass is 10.0. The smallest absolute Gasteiger partial charge is 0.407 e. The molecule has 1 saturated heterocycles. The third kappa shape index (κ3) is 4.28. The number of amides is 2. The molecule has 12 heteroatoms. The zero-order valence-electron chi connectivity index (χ0n) is 17.0. The number of aromatic nitrogens is 4. The molecule has 3 aromatic rings. The molecule has 0 aliphatic carbocycles. The minimum absolute atomic E-state index is 0.0491. The van der Waals surface area contributed by atoms with Crippen molar-refractivity contribution in [2.24, 2.45) is 0 Å². The van der Waals surface area contributed by atoms with Gasteiger partial charge in [-0.05, 0) is 19.8 Å². The molecule has 0 radical (unpaired) electrons. The molecule has 3 aromatic heterocycles. The summed E-state index contributed by atoms with van der Waals surface area (Å²) in [5.74, 6) is 0.193. The van der Waals surface area contributed by atoms with E-state index in [-0.39, 0.29) is 28.5 Å². The van der Waals surface area contributed by atoms with E-state index in [1.165, 1.54) is 18.4 Å². The van der Waals surface area contributed by atoms with Gasteiger partial charge in [0, 0.05) is 30.7 Å². The molecule has 0 bridgehead atoms. The van der Waals surface area contributed by atoms with E-state index in [4.69, 9.17) is 16.3 Å². The first-order valence-corrected chi connectivity index (χ1v) is 11.0. The van der Waals surface area contributed by atoms with Crippen LogP contribution in [-0.2, 0) is 4.74 Å². The predicted octanol–water partition coefficient (Wildman–Crippen LogP) is 2.87. The van der Waals surface area contributed by atoms with Crippen LogP contribution >= 0.6 is 22.9 Å². The Morgan fingerprint density at radius 1 is 1.32 bits per heavy atom. The number of carbonyl (C=O) groups excluding carboxylic acids is 2. The van der Waals surface area contributed by atoms with Gasteiger partial charge in [0.25, 0.3) is 5.91 Å². The minimum Gasteiger partial charge on any atom is -0.488 e. The normalized spacial score (nSPS) is 14.6. The SMILES string of the molecule is CCOc1c(Cl)nc(-c2cnn3ccsc23)nc1C(=O)N1CCC(NC(=O)OC)CC1. The average Bonchev–Trinajstić information content (AvgIpc) is 3.39. The lowest BCUT2D eigenvalue weighted by molar-refractivity contribution is 0.0693. The summed E-state index contributed by atoms with van der Waals surface area (Å²) < 4.78 is 12.0. The molecule has 1 aliphatic rings. The maximum absolute atomic E-state index is 13.3. The van der Waals surface area contributed by atoms with Crippen LogP contribution in [0.5, 0.6) is 5.75 Å². The molecule has 4 heterocycles. The molecule has 0 unspecified atom stereocenters. The van der Waals surface area contributed by atoms with Crippen LogP contribution in [0.1, 0.15) is 30.3 Å². The Balaban J connectivity index is 1.62. The lowest BCUT2D eigenvalue weighted by Crippen LogP contribution is -2.46. The standard InChI is InChI=1S/C19H21ClN6O4S/c1-3-30-14-13(17(27)25-6-4-11(5-7-25)22-19(28)29-2)23-16(24-15(14)20)12-10-21-26-8-9-31-18(12)26/h8-11H,3-7H2,1-2H3,(H,22,28). The highest BCUT2D eigenvalue weighted by molar-refractivity contribution is 7.16. The van der Waals surface area contributed by atoms with E-state index in [2.05, 4.69) is 25.1 Å². The van der Waals surface area contributed by atoms with E-state index < -0.39 is 6.09 Å². The molecular weight excluding hydrogens is 444 g/mol. The molecule has 0 atom stereocenters. The minimum atomic E-state index is -0.475. The number of fused-ring (bicyclic) bond motifs is 1. The number of methoxy groups -OCH3 is 1. The van der Waals surface area contributed by atoms with E-state index in [9.17, 15) is 9.59 Å². The summed E-state index contributed by atoms with van der Waals surface area (Å²) in [6, 6.07) is -0.0491. The van der Waals surface area contributed by atoms with Gasteiger partial charge in [0.2, 0.25) is 0 Å². The third-order valence-electron chi connectivity index (χ3n) is 4.98. The maximum atomic E-state index is 13.3. The molecule has 10 nitrogen and oxygen atoms in total. The average molecular weight is 465 g/mol. The Morgan fingerprint density at radius 2 is 2.10 bits per heavy atom. The summed E-state index contributed by atoms with van der Waals surface area (Å²) in [6.07, 6.45) is 4.22. The summed E-state index contributed by atoms with van der Waals surface area (Å²) in [5, 5.41) is 9.03. The van der Waals surface area contributed by atoms with Crippen LogP contribution in [-0.4, -0.2) is 69.3 Å². The van der Waals surface area contributed by atoms with E-state index in [0.29, 0.717) is 43.9 Å². The van der Waals surface area contributed by atoms with Gasteiger partial charge in [-0.15, -0.1) is 11.3 Å². The van der Waals surface area contributed by atoms with Gasteiger partial charge in [0.1, 0.15) is 4.83 Å². The van der Waals surface area contributed by atoms with Crippen LogP contribution in [0.25, 0.3) is 16.2 Å². The largest absolute Gasteiger partial charge is 0.488 e. The van der Waals surface area contributed by atoms with E-state index >= 15 is 0 Å². The Morgan fingerprint density at radius 3 is 2.81 bits per heavy atom. The summed E-state index contributed by atoms with van der Waals surface area (Å²) in [6.45, 7) is 3.03. The number of rotatable bonds is 5. The number of likely N-dealkylation sites (tertiary alicyclic amines) is 1. The molecule has 2 amide bonds. The number of nitrogens with zero attached hydrogens (tertiary/aromatic N) is 5. The highest BCUT2D eigenvalue weighted by Crippen LogP contribution is 2.33. The number of nitrogens with one attached hydrogen (secondary N) is 1. The molecular formula is C19H21ClN6O4S. The zero-order valence-corrected chi connectivity index (χ0v) is 18.6. The second kappa shape index (κ2) is 9.06. The van der Waals surface area contributed by atoms with Gasteiger partial charge in [-0.1, -0.05) is 11.6 Å². The molecule has 1 fully saturated rings. The second-order valence-electron chi connectivity index (χ2n) is 6.86. The van der Waals surface area contributed by atoms with E-state index in [1.807, 2.05) is 11.6 Å². The van der Waals surface area contributed by atoms with Crippen LogP contribution in [0.4, 0.5) is 4.79 Å². The van der Waals surface area contributed by atoms with Crippen LogP contribution < -0.4 is 10.1 Å². The molecule has 164 valence electrons. The van der Waals surface area contributed by atoms with Crippen LogP contribution in [0.15, 0.2) is 17.8 Å². The number of alkyl carbamates (subject to hydrolysis) is 1. The number of ether oxygens (including phenoxy) is 2. The van der Waals surface area contributed by atoms with Gasteiger partial charge >= 0.3 is 6.09 Å². The van der Waals surface area contributed by atoms with Crippen LogP contribution in [0.3, 0.4) is 0 Å². The summed E-state index contributed by atoms with van der Waals surface area (Å²) in [4.78, 5) is 36.2. The fourth-order valence-corrected chi connectivity index (χ4v) is 4.46. The van der Waals surface area contributed by atoms with Gasteiger partial charge in [-0.3, -0.25) is 4.79 Å². The highest BCUT2D eigenvalue weighted by atomic mass is 35.5. The topological polar surface area (TPSA) is 111 Å². The van der Waals surface area contributed by atoms with Crippen molar-refractivity contribution in [2.75, 3.05) is 26.8 Å². The van der Waals surface area contributed by atoms with Gasteiger partial charge in [0.15, 0.2) is 22.4 Å². The Labute approximate surface area is 187 Å². The number of piperidine rings is 1. The number of carbonyl (C=O) groups is 2. The van der Waals surface area contributed by atoms with Crippen molar-refractivity contribution in [1.82, 2.24) is 29.8 Å². The van der Waals surface area contributed by atoms with Crippen molar-refractivity contribution in [2.45, 2.75) is 25.8 Å². The van der Waals surface area contributed by atoms with Crippen LogP contribution in [0.2, 0.25) is 5.15 Å². The van der Waals surface area contributed by atoms with Crippen LogP contribution in [0, 0.1) is 0 Å². The fraction of sp³-hybridized carbons (Fsp3) is 0.421. The number of hydrogen-bond acceptors (Lipinski definition) is 8. The summed E-state index contributed by atoms with van der Waals surface area (Å²) in [5.41, 5.74) is 0.808. The van der Waals surface area contributed by atoms with Crippen molar-refractivity contribution in [3.05, 3.63) is 28.6 Å². The zero-order chi connectivity index (χ0) is 22.0. The highest BCUT2D eigenvalue weighted by Gasteiger charge is 2.30. The Hall–Kier alpha value is -2.92. The monoisotopic (exact) mass is 464 g/mol. The molecule has 1 N–H and O–H groups in total. The van der Waals surface area contributed by atoms with Gasteiger partial charge in [0.05, 0.1) is 25.5 Å². The molecule has 31 heavy (non-hydrogen) atoms. The number of hydrogen-bond donors (Lipinski definition) is 1. The van der Waals surface area contributed by atoms with E-state index in [1.54, 1.807) is 22.5 Å². The first kappa shape index (κ1) is 21.3. The summed E-state index contributed by atoms with van der Waals surface area (Å²) >= 11 is 7.89. The molecule has 4 rings (SSSR count). The van der Waals surface area contributed by atoms with E-state index in [0.717, 1.165) is 4.83 Å². The Kier molecular flexibility index (Phi) is 6.23.